The van der Waals surface area contributed by atoms with Crippen LogP contribution in [0, 0.1) is 0 Å². The molecule has 0 saturated heterocycles. The predicted octanol–water partition coefficient (Wildman–Crippen LogP) is 2.87. The zero-order valence-corrected chi connectivity index (χ0v) is 8.03. The van der Waals surface area contributed by atoms with Gasteiger partial charge in [-0.1, -0.05) is 11.2 Å². The summed E-state index contributed by atoms with van der Waals surface area (Å²) >= 11 is 0. The van der Waals surface area contributed by atoms with Gasteiger partial charge in [0, 0.05) is 22.2 Å². The molecule has 6 heteroatoms. The summed E-state index contributed by atoms with van der Waals surface area (Å²) in [5.74, 6) is -1.04. The number of fused-ring (bicyclic) bond motifs is 1. The second-order valence-corrected chi connectivity index (χ2v) is 3.05. The largest absolute Gasteiger partial charge is 0.478 e. The van der Waals surface area contributed by atoms with Crippen molar-refractivity contribution in [3.05, 3.63) is 46.5 Å². The van der Waals surface area contributed by atoms with Crippen molar-refractivity contribution in [3.8, 4) is 0 Å². The summed E-state index contributed by atoms with van der Waals surface area (Å²) in [5, 5.41) is 12.8. The highest BCUT2D eigenvalue weighted by Gasteiger charge is 2.08. The lowest BCUT2D eigenvalue weighted by Crippen LogP contribution is -1.97. The molecular weight excluding hydrogens is 208 g/mol. The molecule has 0 bridgehead atoms. The van der Waals surface area contributed by atoms with Gasteiger partial charge in [0.15, 0.2) is 0 Å². The van der Waals surface area contributed by atoms with Crippen LogP contribution in [0.25, 0.3) is 21.3 Å². The molecule has 0 aliphatic rings. The van der Waals surface area contributed by atoms with E-state index in [4.69, 9.17) is 10.6 Å². The zero-order valence-electron chi connectivity index (χ0n) is 8.03. The van der Waals surface area contributed by atoms with Gasteiger partial charge in [-0.15, -0.1) is 0 Å². The number of carboxylic acids is 1. The molecule has 78 valence electrons. The van der Waals surface area contributed by atoms with Crippen molar-refractivity contribution in [2.24, 2.45) is 5.11 Å². The number of pyridine rings is 1. The molecule has 0 unspecified atom stereocenters. The number of rotatable bonds is 2. The van der Waals surface area contributed by atoms with Crippen molar-refractivity contribution in [1.82, 2.24) is 4.98 Å². The predicted molar refractivity (Wildman–Crippen MR) is 57.5 cm³/mol. The van der Waals surface area contributed by atoms with Crippen molar-refractivity contribution in [2.45, 2.75) is 0 Å². The molecule has 0 spiro atoms. The van der Waals surface area contributed by atoms with Gasteiger partial charge in [0.2, 0.25) is 0 Å². The Morgan fingerprint density at radius 2 is 2.25 bits per heavy atom. The highest BCUT2D eigenvalue weighted by molar-refractivity contribution is 6.03. The van der Waals surface area contributed by atoms with Gasteiger partial charge in [-0.25, -0.2) is 4.79 Å². The molecule has 0 saturated carbocycles. The Labute approximate surface area is 89.8 Å². The first-order valence-corrected chi connectivity index (χ1v) is 4.39. The minimum absolute atomic E-state index is 0.139. The highest BCUT2D eigenvalue weighted by atomic mass is 16.4. The smallest absolute Gasteiger partial charge is 0.336 e. The summed E-state index contributed by atoms with van der Waals surface area (Å²) in [7, 11) is 0. The number of hydrogen-bond donors (Lipinski definition) is 1. The Kier molecular flexibility index (Phi) is 2.41. The Morgan fingerprint density at radius 1 is 1.44 bits per heavy atom. The maximum Gasteiger partial charge on any atom is 0.336 e. The summed E-state index contributed by atoms with van der Waals surface area (Å²) in [4.78, 5) is 17.6. The van der Waals surface area contributed by atoms with Crippen molar-refractivity contribution in [1.29, 1.82) is 0 Å². The van der Waals surface area contributed by atoms with Crippen LogP contribution in [0.2, 0.25) is 0 Å². The summed E-state index contributed by atoms with van der Waals surface area (Å²) < 4.78 is 0. The molecule has 1 N–H and O–H groups in total. The topological polar surface area (TPSA) is 99.0 Å². The van der Waals surface area contributed by atoms with E-state index in [9.17, 15) is 4.79 Å². The number of hydrogen-bond acceptors (Lipinski definition) is 3. The van der Waals surface area contributed by atoms with E-state index in [0.29, 0.717) is 16.6 Å². The van der Waals surface area contributed by atoms with Crippen molar-refractivity contribution in [3.63, 3.8) is 0 Å². The summed E-state index contributed by atoms with van der Waals surface area (Å²) in [6.07, 6.45) is 1.43. The summed E-state index contributed by atoms with van der Waals surface area (Å²) in [6.45, 7) is 0. The molecule has 0 fully saturated rings. The molecule has 0 amide bonds. The van der Waals surface area contributed by atoms with E-state index < -0.39 is 5.97 Å². The number of nitrogens with zero attached hydrogens (tertiary/aromatic N) is 4. The highest BCUT2D eigenvalue weighted by Crippen LogP contribution is 2.22. The average Bonchev–Trinajstić information content (AvgIpc) is 2.28. The average molecular weight is 214 g/mol. The minimum atomic E-state index is -1.04. The normalized spacial score (nSPS) is 9.75. The van der Waals surface area contributed by atoms with Crippen molar-refractivity contribution >= 4 is 22.6 Å². The van der Waals surface area contributed by atoms with Gasteiger partial charge in [-0.05, 0) is 23.7 Å². The molecule has 2 aromatic rings. The van der Waals surface area contributed by atoms with E-state index in [1.54, 1.807) is 12.1 Å². The fourth-order valence-electron chi connectivity index (χ4n) is 1.43. The molecule has 0 atom stereocenters. The molecule has 2 rings (SSSR count). The molecule has 0 aliphatic carbocycles. The maximum atomic E-state index is 11.0. The molecule has 6 nitrogen and oxygen atoms in total. The lowest BCUT2D eigenvalue weighted by Gasteiger charge is -2.01. The number of benzene rings is 1. The standard InChI is InChI=1S/C10H6N4O2/c11-14-13-6-1-2-9-8(5-6)7(10(15)16)3-4-12-9/h1-5H,(H,15,16). The van der Waals surface area contributed by atoms with Crippen LogP contribution < -0.4 is 0 Å². The van der Waals surface area contributed by atoms with Gasteiger partial charge in [-0.3, -0.25) is 4.98 Å². The first-order chi connectivity index (χ1) is 7.72. The minimum Gasteiger partial charge on any atom is -0.478 e. The third kappa shape index (κ3) is 1.65. The number of azide groups is 1. The van der Waals surface area contributed by atoms with Gasteiger partial charge < -0.3 is 5.11 Å². The van der Waals surface area contributed by atoms with Crippen LogP contribution in [-0.4, -0.2) is 16.1 Å². The second kappa shape index (κ2) is 3.88. The molecule has 0 radical (unpaired) electrons. The Morgan fingerprint density at radius 3 is 2.94 bits per heavy atom. The van der Waals surface area contributed by atoms with Crippen LogP contribution in [0.15, 0.2) is 35.6 Å². The molecule has 0 aliphatic heterocycles. The van der Waals surface area contributed by atoms with E-state index in [-0.39, 0.29) is 5.56 Å². The fourth-order valence-corrected chi connectivity index (χ4v) is 1.43. The van der Waals surface area contributed by atoms with Crippen LogP contribution in [0.5, 0.6) is 0 Å². The summed E-state index contributed by atoms with van der Waals surface area (Å²) in [5.41, 5.74) is 9.35. The summed E-state index contributed by atoms with van der Waals surface area (Å²) in [6, 6.07) is 6.11. The van der Waals surface area contributed by atoms with Crippen molar-refractivity contribution in [2.75, 3.05) is 0 Å². The third-order valence-corrected chi connectivity index (χ3v) is 2.12. The number of carboxylic acid groups (broad SMARTS) is 1. The van der Waals surface area contributed by atoms with E-state index in [0.717, 1.165) is 0 Å². The monoisotopic (exact) mass is 214 g/mol. The zero-order chi connectivity index (χ0) is 11.5. The van der Waals surface area contributed by atoms with E-state index in [1.165, 1.54) is 18.3 Å². The quantitative estimate of drug-likeness (QED) is 0.472. The lowest BCUT2D eigenvalue weighted by atomic mass is 10.1. The van der Waals surface area contributed by atoms with Crippen LogP contribution in [0.4, 0.5) is 5.69 Å². The molecule has 1 heterocycles. The van der Waals surface area contributed by atoms with Crippen LogP contribution >= 0.6 is 0 Å². The number of aromatic nitrogens is 1. The second-order valence-electron chi connectivity index (χ2n) is 3.05. The maximum absolute atomic E-state index is 11.0. The Balaban J connectivity index is 2.78. The molecule has 1 aromatic carbocycles. The van der Waals surface area contributed by atoms with Crippen LogP contribution in [0.3, 0.4) is 0 Å². The van der Waals surface area contributed by atoms with Crippen LogP contribution in [-0.2, 0) is 0 Å². The Hall–Kier alpha value is -2.59. The van der Waals surface area contributed by atoms with Gasteiger partial charge in [-0.2, -0.15) is 0 Å². The van der Waals surface area contributed by atoms with Gasteiger partial charge in [0.1, 0.15) is 0 Å². The number of carbonyl (C=O) groups is 1. The van der Waals surface area contributed by atoms with E-state index >= 15 is 0 Å². The van der Waals surface area contributed by atoms with Crippen molar-refractivity contribution < 1.29 is 9.90 Å². The lowest BCUT2D eigenvalue weighted by molar-refractivity contribution is 0.0699. The van der Waals surface area contributed by atoms with Gasteiger partial charge in [0.25, 0.3) is 0 Å². The first kappa shape index (κ1) is 9.95. The fraction of sp³-hybridized carbons (Fsp3) is 0. The molecular formula is C10H6N4O2. The van der Waals surface area contributed by atoms with Gasteiger partial charge in [0.05, 0.1) is 11.1 Å². The Bertz CT molecular complexity index is 617. The third-order valence-electron chi connectivity index (χ3n) is 2.12. The van der Waals surface area contributed by atoms with Gasteiger partial charge >= 0.3 is 5.97 Å². The molecule has 1 aromatic heterocycles. The van der Waals surface area contributed by atoms with E-state index in [2.05, 4.69) is 15.0 Å². The first-order valence-electron chi connectivity index (χ1n) is 4.39. The van der Waals surface area contributed by atoms with E-state index in [1.807, 2.05) is 0 Å². The SMILES string of the molecule is [N-]=[N+]=Nc1ccc2nccc(C(=O)O)c2c1. The number of aromatic carboxylic acids is 1. The van der Waals surface area contributed by atoms with Crippen LogP contribution in [0.1, 0.15) is 10.4 Å². The molecule has 16 heavy (non-hydrogen) atoms.